The molecule has 1 amide bonds. The Labute approximate surface area is 178 Å². The second-order valence-corrected chi connectivity index (χ2v) is 7.36. The molecule has 0 radical (unpaired) electrons. The van der Waals surface area contributed by atoms with Crippen LogP contribution in [0.15, 0.2) is 65.2 Å². The molecule has 2 aliphatic heterocycles. The van der Waals surface area contributed by atoms with E-state index in [4.69, 9.17) is 9.26 Å². The molecule has 0 fully saturated rings. The first-order chi connectivity index (χ1) is 15.1. The lowest BCUT2D eigenvalue weighted by Gasteiger charge is -2.36. The second-order valence-electron chi connectivity index (χ2n) is 7.36. The zero-order chi connectivity index (χ0) is 21.5. The molecule has 0 aliphatic carbocycles. The lowest BCUT2D eigenvalue weighted by atomic mass is 9.97. The first-order valence-electron chi connectivity index (χ1n) is 10.0. The highest BCUT2D eigenvalue weighted by molar-refractivity contribution is 6.04. The van der Waals surface area contributed by atoms with E-state index in [1.54, 1.807) is 25.1 Å². The number of fused-ring (bicyclic) bond motifs is 3. The summed E-state index contributed by atoms with van der Waals surface area (Å²) in [5.41, 5.74) is 3.68. The third kappa shape index (κ3) is 3.07. The van der Waals surface area contributed by atoms with Gasteiger partial charge in [0.2, 0.25) is 5.82 Å². The molecule has 8 nitrogen and oxygen atoms in total. The highest BCUT2D eigenvalue weighted by atomic mass is 16.6. The number of likely N-dealkylation sites (N-methyl/N-ethyl adjacent to an activating group) is 1. The Morgan fingerprint density at radius 1 is 1.16 bits per heavy atom. The summed E-state index contributed by atoms with van der Waals surface area (Å²) in [6.45, 7) is 1.93. The number of carbonyl (C=O) groups excluding carboxylic acids is 2. The molecule has 2 unspecified atom stereocenters. The summed E-state index contributed by atoms with van der Waals surface area (Å²) in [4.78, 5) is 32.7. The maximum atomic E-state index is 12.9. The van der Waals surface area contributed by atoms with Crippen LogP contribution in [0.25, 0.3) is 11.4 Å². The van der Waals surface area contributed by atoms with Gasteiger partial charge in [-0.2, -0.15) is 4.98 Å². The fraction of sp³-hybridized carbons (Fsp3) is 0.217. The lowest BCUT2D eigenvalue weighted by molar-refractivity contribution is -0.115. The number of aromatic nitrogens is 2. The van der Waals surface area contributed by atoms with E-state index in [1.165, 1.54) is 0 Å². The molecule has 0 saturated heterocycles. The molecule has 8 heteroatoms. The van der Waals surface area contributed by atoms with Crippen molar-refractivity contribution >= 4 is 23.3 Å². The van der Waals surface area contributed by atoms with E-state index in [0.29, 0.717) is 5.56 Å². The monoisotopic (exact) mass is 416 g/mol. The summed E-state index contributed by atoms with van der Waals surface area (Å²) in [5.74, 6) is -0.629. The minimum atomic E-state index is -0.654. The Bertz CT molecular complexity index is 1180. The molecule has 3 aromatic rings. The van der Waals surface area contributed by atoms with Crippen molar-refractivity contribution in [3.05, 3.63) is 72.1 Å². The van der Waals surface area contributed by atoms with Gasteiger partial charge in [0.1, 0.15) is 0 Å². The van der Waals surface area contributed by atoms with E-state index in [2.05, 4.69) is 27.2 Å². The summed E-state index contributed by atoms with van der Waals surface area (Å²) in [6, 6.07) is 15.4. The molecule has 0 N–H and O–H groups in total. The average molecular weight is 416 g/mol. The predicted octanol–water partition coefficient (Wildman–Crippen LogP) is 3.38. The van der Waals surface area contributed by atoms with Crippen LogP contribution in [-0.4, -0.2) is 41.7 Å². The Morgan fingerprint density at radius 3 is 2.71 bits per heavy atom. The predicted molar refractivity (Wildman–Crippen MR) is 114 cm³/mol. The van der Waals surface area contributed by atoms with Gasteiger partial charge in [-0.15, -0.1) is 0 Å². The SMILES string of the molecule is CCOC(=O)c1nc(-c2ccc(N3C(=O)C=CC4C3c3ccccc3N4C)cc2)no1. The highest BCUT2D eigenvalue weighted by Crippen LogP contribution is 2.45. The van der Waals surface area contributed by atoms with Crippen LogP contribution in [0, 0.1) is 0 Å². The van der Waals surface area contributed by atoms with Crippen molar-refractivity contribution in [2.45, 2.75) is 19.0 Å². The molecule has 156 valence electrons. The van der Waals surface area contributed by atoms with Crippen LogP contribution in [0.5, 0.6) is 0 Å². The molecule has 2 aliphatic rings. The van der Waals surface area contributed by atoms with Gasteiger partial charge in [0.25, 0.3) is 5.91 Å². The number of rotatable bonds is 4. The van der Waals surface area contributed by atoms with Crippen LogP contribution >= 0.6 is 0 Å². The van der Waals surface area contributed by atoms with Crippen molar-refractivity contribution in [3.8, 4) is 11.4 Å². The Kier molecular flexibility index (Phi) is 4.54. The highest BCUT2D eigenvalue weighted by Gasteiger charge is 2.43. The fourth-order valence-corrected chi connectivity index (χ4v) is 4.22. The van der Waals surface area contributed by atoms with Crippen molar-refractivity contribution < 1.29 is 18.8 Å². The van der Waals surface area contributed by atoms with Crippen LogP contribution in [0.2, 0.25) is 0 Å². The standard InChI is InChI=1S/C23H20N4O4/c1-3-30-23(29)22-24-21(25-31-22)14-8-10-15(11-9-14)27-19(28)13-12-18-20(27)16-6-4-5-7-17(16)26(18)2/h4-13,18,20H,3H2,1-2H3. The third-order valence-electron chi connectivity index (χ3n) is 5.64. The van der Waals surface area contributed by atoms with Crippen molar-refractivity contribution in [3.63, 3.8) is 0 Å². The topological polar surface area (TPSA) is 88.8 Å². The van der Waals surface area contributed by atoms with Gasteiger partial charge < -0.3 is 14.2 Å². The van der Waals surface area contributed by atoms with E-state index in [9.17, 15) is 9.59 Å². The zero-order valence-electron chi connectivity index (χ0n) is 17.1. The van der Waals surface area contributed by atoms with Gasteiger partial charge in [-0.3, -0.25) is 9.69 Å². The van der Waals surface area contributed by atoms with Crippen LogP contribution in [0.4, 0.5) is 11.4 Å². The maximum Gasteiger partial charge on any atom is 0.397 e. The van der Waals surface area contributed by atoms with Gasteiger partial charge in [-0.1, -0.05) is 29.4 Å². The number of esters is 1. The van der Waals surface area contributed by atoms with E-state index >= 15 is 0 Å². The molecule has 2 atom stereocenters. The number of para-hydroxylation sites is 1. The van der Waals surface area contributed by atoms with E-state index in [1.807, 2.05) is 42.3 Å². The molecule has 2 aromatic carbocycles. The summed E-state index contributed by atoms with van der Waals surface area (Å²) in [7, 11) is 2.04. The van der Waals surface area contributed by atoms with Crippen molar-refractivity contribution in [1.29, 1.82) is 0 Å². The largest absolute Gasteiger partial charge is 0.459 e. The Hall–Kier alpha value is -3.94. The summed E-state index contributed by atoms with van der Waals surface area (Å²) >= 11 is 0. The van der Waals surface area contributed by atoms with Crippen LogP contribution < -0.4 is 9.80 Å². The molecule has 3 heterocycles. The van der Waals surface area contributed by atoms with Crippen molar-refractivity contribution in [2.75, 3.05) is 23.5 Å². The molecule has 0 saturated carbocycles. The normalized spacial score (nSPS) is 19.4. The molecule has 5 rings (SSSR count). The quantitative estimate of drug-likeness (QED) is 0.603. The fourth-order valence-electron chi connectivity index (χ4n) is 4.22. The number of nitrogens with zero attached hydrogens (tertiary/aromatic N) is 4. The molecule has 0 bridgehead atoms. The van der Waals surface area contributed by atoms with E-state index < -0.39 is 5.97 Å². The van der Waals surface area contributed by atoms with Gasteiger partial charge in [0.05, 0.1) is 18.7 Å². The number of amides is 1. The van der Waals surface area contributed by atoms with E-state index in [0.717, 1.165) is 16.9 Å². The Balaban J connectivity index is 1.46. The van der Waals surface area contributed by atoms with Gasteiger partial charge in [0.15, 0.2) is 0 Å². The molecule has 0 spiro atoms. The number of carbonyl (C=O) groups is 2. The second kappa shape index (κ2) is 7.39. The summed E-state index contributed by atoms with van der Waals surface area (Å²) in [5, 5.41) is 3.85. The molecule has 31 heavy (non-hydrogen) atoms. The summed E-state index contributed by atoms with van der Waals surface area (Å²) in [6.07, 6.45) is 3.59. The van der Waals surface area contributed by atoms with Crippen molar-refractivity contribution in [1.82, 2.24) is 10.1 Å². The number of ether oxygens (including phenoxy) is 1. The number of hydrogen-bond donors (Lipinski definition) is 0. The van der Waals surface area contributed by atoms with Gasteiger partial charge >= 0.3 is 11.9 Å². The van der Waals surface area contributed by atoms with E-state index in [-0.39, 0.29) is 36.3 Å². The summed E-state index contributed by atoms with van der Waals surface area (Å²) < 4.78 is 9.86. The first kappa shape index (κ1) is 19.0. The van der Waals surface area contributed by atoms with Gasteiger partial charge in [-0.25, -0.2) is 4.79 Å². The average Bonchev–Trinajstić information content (AvgIpc) is 3.39. The number of hydrogen-bond acceptors (Lipinski definition) is 7. The lowest BCUT2D eigenvalue weighted by Crippen LogP contribution is -2.44. The van der Waals surface area contributed by atoms with Crippen LogP contribution in [0.1, 0.15) is 29.2 Å². The molecular formula is C23H20N4O4. The third-order valence-corrected chi connectivity index (χ3v) is 5.64. The minimum absolute atomic E-state index is 0.0664. The molecule has 1 aromatic heterocycles. The van der Waals surface area contributed by atoms with Crippen LogP contribution in [-0.2, 0) is 9.53 Å². The minimum Gasteiger partial charge on any atom is -0.459 e. The van der Waals surface area contributed by atoms with Crippen molar-refractivity contribution in [2.24, 2.45) is 0 Å². The smallest absolute Gasteiger partial charge is 0.397 e. The Morgan fingerprint density at radius 2 is 1.94 bits per heavy atom. The number of benzene rings is 2. The maximum absolute atomic E-state index is 12.9. The zero-order valence-corrected chi connectivity index (χ0v) is 17.1. The number of anilines is 2. The van der Waals surface area contributed by atoms with Gasteiger partial charge in [0, 0.05) is 35.6 Å². The van der Waals surface area contributed by atoms with Crippen LogP contribution in [0.3, 0.4) is 0 Å². The first-order valence-corrected chi connectivity index (χ1v) is 10.0. The molecular weight excluding hydrogens is 396 g/mol. The van der Waals surface area contributed by atoms with Gasteiger partial charge in [-0.05, 0) is 37.3 Å².